The van der Waals surface area contributed by atoms with Crippen molar-refractivity contribution in [3.8, 4) is 0 Å². The maximum Gasteiger partial charge on any atom is -0.0471 e. The number of hydrogen-bond donors (Lipinski definition) is 0. The summed E-state index contributed by atoms with van der Waals surface area (Å²) in [5, 5.41) is 0. The summed E-state index contributed by atoms with van der Waals surface area (Å²) in [6.45, 7) is 6.83. The van der Waals surface area contributed by atoms with Gasteiger partial charge in [0, 0.05) is 0 Å². The van der Waals surface area contributed by atoms with E-state index in [1.54, 1.807) is 0 Å². The minimum Gasteiger partial charge on any atom is -0.114 e. The maximum atomic E-state index is 2.29. The Bertz CT molecular complexity index is 41.8. The fourth-order valence-corrected chi connectivity index (χ4v) is 0.803. The molecule has 0 aliphatic heterocycles. The topological polar surface area (TPSA) is 0 Å². The van der Waals surface area contributed by atoms with E-state index in [-0.39, 0.29) is 17.0 Å². The predicted molar refractivity (Wildman–Crippen MR) is 49.3 cm³/mol. The van der Waals surface area contributed by atoms with Gasteiger partial charge in [-0.3, -0.25) is 0 Å². The lowest BCUT2D eigenvalue weighted by molar-refractivity contribution is 0.534. The molecule has 0 unspecified atom stereocenters. The summed E-state index contributed by atoms with van der Waals surface area (Å²) in [4.78, 5) is 0. The second-order valence-corrected chi connectivity index (χ2v) is 2.89. The Labute approximate surface area is 69.8 Å². The van der Waals surface area contributed by atoms with Crippen LogP contribution < -0.4 is 0 Å². The van der Waals surface area contributed by atoms with Crippen molar-refractivity contribution in [1.29, 1.82) is 0 Å². The molecule has 0 aromatic carbocycles. The second kappa shape index (κ2) is 8.48. The Morgan fingerprint density at radius 2 is 1.67 bits per heavy atom. The van der Waals surface area contributed by atoms with E-state index in [9.17, 15) is 0 Å². The zero-order valence-electron chi connectivity index (χ0n) is 6.81. The van der Waals surface area contributed by atoms with E-state index in [1.165, 1.54) is 25.7 Å². The van der Waals surface area contributed by atoms with Crippen LogP contribution in [0.4, 0.5) is 0 Å². The highest BCUT2D eigenvalue weighted by Crippen LogP contribution is 2.06. The van der Waals surface area contributed by atoms with Gasteiger partial charge in [-0.25, -0.2) is 0 Å². The van der Waals surface area contributed by atoms with Gasteiger partial charge in [0.05, 0.1) is 0 Å². The first kappa shape index (κ1) is 12.2. The molecule has 0 saturated heterocycles. The molecular weight excluding hydrogens is 176 g/mol. The summed E-state index contributed by atoms with van der Waals surface area (Å²) in [6.07, 6.45) is 5.60. The van der Waals surface area contributed by atoms with Gasteiger partial charge in [-0.15, -0.1) is 17.0 Å². The van der Waals surface area contributed by atoms with E-state index in [2.05, 4.69) is 20.8 Å². The van der Waals surface area contributed by atoms with Gasteiger partial charge in [0.1, 0.15) is 0 Å². The molecule has 0 heterocycles. The van der Waals surface area contributed by atoms with Crippen LogP contribution in [0.15, 0.2) is 0 Å². The quantitative estimate of drug-likeness (QED) is 0.598. The molecule has 0 aromatic heterocycles. The van der Waals surface area contributed by atoms with Gasteiger partial charge in [0.2, 0.25) is 0 Å². The van der Waals surface area contributed by atoms with Crippen LogP contribution in [0.2, 0.25) is 0 Å². The molecule has 9 heavy (non-hydrogen) atoms. The van der Waals surface area contributed by atoms with Gasteiger partial charge >= 0.3 is 0 Å². The standard InChI is InChI=1S/C8H18.BrH/c1-4-5-6-7-8(2)3;/h8H,4-7H2,1-3H3;1H. The largest absolute Gasteiger partial charge is 0.114 e. The van der Waals surface area contributed by atoms with E-state index in [1.807, 2.05) is 0 Å². The summed E-state index contributed by atoms with van der Waals surface area (Å²) in [7, 11) is 0. The highest BCUT2D eigenvalue weighted by molar-refractivity contribution is 8.93. The van der Waals surface area contributed by atoms with Gasteiger partial charge in [-0.1, -0.05) is 46.5 Å². The van der Waals surface area contributed by atoms with Crippen molar-refractivity contribution in [2.75, 3.05) is 0 Å². The molecule has 0 radical (unpaired) electrons. The lowest BCUT2D eigenvalue weighted by Crippen LogP contribution is -1.85. The van der Waals surface area contributed by atoms with Gasteiger partial charge < -0.3 is 0 Å². The number of halogens is 1. The van der Waals surface area contributed by atoms with E-state index >= 15 is 0 Å². The monoisotopic (exact) mass is 194 g/mol. The minimum atomic E-state index is 0. The molecule has 58 valence electrons. The first-order chi connectivity index (χ1) is 3.77. The maximum absolute atomic E-state index is 2.29. The highest BCUT2D eigenvalue weighted by Gasteiger charge is 1.90. The Hall–Kier alpha value is 0.480. The number of hydrogen-bond acceptors (Lipinski definition) is 0. The fraction of sp³-hybridized carbons (Fsp3) is 1.00. The van der Waals surface area contributed by atoms with Crippen LogP contribution in [0.3, 0.4) is 0 Å². The first-order valence-corrected chi connectivity index (χ1v) is 3.77. The van der Waals surface area contributed by atoms with Gasteiger partial charge in [-0.05, 0) is 5.92 Å². The van der Waals surface area contributed by atoms with E-state index in [4.69, 9.17) is 0 Å². The van der Waals surface area contributed by atoms with Crippen LogP contribution in [-0.2, 0) is 0 Å². The van der Waals surface area contributed by atoms with Crippen molar-refractivity contribution >= 4 is 17.0 Å². The van der Waals surface area contributed by atoms with Crippen molar-refractivity contribution in [3.63, 3.8) is 0 Å². The second-order valence-electron chi connectivity index (χ2n) is 2.89. The highest BCUT2D eigenvalue weighted by atomic mass is 79.9. The van der Waals surface area contributed by atoms with Crippen molar-refractivity contribution in [1.82, 2.24) is 0 Å². The lowest BCUT2D eigenvalue weighted by atomic mass is 10.1. The van der Waals surface area contributed by atoms with Crippen LogP contribution in [0.25, 0.3) is 0 Å². The first-order valence-electron chi connectivity index (χ1n) is 3.77. The zero-order valence-corrected chi connectivity index (χ0v) is 8.53. The molecular formula is C8H19Br. The molecule has 0 aromatic rings. The van der Waals surface area contributed by atoms with Gasteiger partial charge in [0.25, 0.3) is 0 Å². The molecule has 0 atom stereocenters. The molecule has 0 N–H and O–H groups in total. The van der Waals surface area contributed by atoms with Crippen molar-refractivity contribution in [2.24, 2.45) is 5.92 Å². The van der Waals surface area contributed by atoms with Gasteiger partial charge in [0.15, 0.2) is 0 Å². The summed E-state index contributed by atoms with van der Waals surface area (Å²) in [5.74, 6) is 0.904. The molecule has 0 amide bonds. The lowest BCUT2D eigenvalue weighted by Gasteiger charge is -2.00. The SMILES string of the molecule is Br.CCCCCC(C)C. The minimum absolute atomic E-state index is 0. The average Bonchev–Trinajstić information content (AvgIpc) is 1.66. The molecule has 0 spiro atoms. The average molecular weight is 195 g/mol. The molecule has 1 heteroatoms. The third-order valence-electron chi connectivity index (χ3n) is 1.39. The number of unbranched alkanes of at least 4 members (excludes halogenated alkanes) is 2. The van der Waals surface area contributed by atoms with Crippen LogP contribution in [-0.4, -0.2) is 0 Å². The summed E-state index contributed by atoms with van der Waals surface area (Å²) in [6, 6.07) is 0. The van der Waals surface area contributed by atoms with Crippen LogP contribution in [0.5, 0.6) is 0 Å². The predicted octanol–water partition coefficient (Wildman–Crippen LogP) is 3.80. The Kier molecular flexibility index (Phi) is 11.5. The smallest absolute Gasteiger partial charge is 0.0471 e. The summed E-state index contributed by atoms with van der Waals surface area (Å²) >= 11 is 0. The van der Waals surface area contributed by atoms with Crippen LogP contribution >= 0.6 is 17.0 Å². The zero-order chi connectivity index (χ0) is 6.41. The van der Waals surface area contributed by atoms with Crippen molar-refractivity contribution in [2.45, 2.75) is 46.5 Å². The Morgan fingerprint density at radius 1 is 1.11 bits per heavy atom. The Balaban J connectivity index is 0. The molecule has 0 saturated carbocycles. The van der Waals surface area contributed by atoms with Crippen LogP contribution in [0.1, 0.15) is 46.5 Å². The molecule has 0 aliphatic rings. The Morgan fingerprint density at radius 3 is 2.00 bits per heavy atom. The molecule has 0 aliphatic carbocycles. The normalized spacial score (nSPS) is 9.33. The number of rotatable bonds is 4. The molecule has 0 rings (SSSR count). The molecule has 0 bridgehead atoms. The molecule has 0 fully saturated rings. The summed E-state index contributed by atoms with van der Waals surface area (Å²) < 4.78 is 0. The van der Waals surface area contributed by atoms with E-state index < -0.39 is 0 Å². The summed E-state index contributed by atoms with van der Waals surface area (Å²) in [5.41, 5.74) is 0. The van der Waals surface area contributed by atoms with Crippen molar-refractivity contribution in [3.05, 3.63) is 0 Å². The fourth-order valence-electron chi connectivity index (χ4n) is 0.803. The van der Waals surface area contributed by atoms with Gasteiger partial charge in [-0.2, -0.15) is 0 Å². The molecule has 0 nitrogen and oxygen atoms in total. The van der Waals surface area contributed by atoms with Crippen LogP contribution in [0, 0.1) is 5.92 Å². The van der Waals surface area contributed by atoms with E-state index in [0.717, 1.165) is 5.92 Å². The third-order valence-corrected chi connectivity index (χ3v) is 1.39. The van der Waals surface area contributed by atoms with E-state index in [0.29, 0.717) is 0 Å². The van der Waals surface area contributed by atoms with Crippen molar-refractivity contribution < 1.29 is 0 Å². The third kappa shape index (κ3) is 11.9.